The number of esters is 1. The summed E-state index contributed by atoms with van der Waals surface area (Å²) in [6, 6.07) is -0.0209. The van der Waals surface area contributed by atoms with Gasteiger partial charge in [0.05, 0.1) is 6.61 Å². The van der Waals surface area contributed by atoms with Crippen LogP contribution < -0.4 is 5.32 Å². The molecule has 0 aromatic carbocycles. The molecule has 0 radical (unpaired) electrons. The molecule has 1 aliphatic carbocycles. The third-order valence-electron chi connectivity index (χ3n) is 2.89. The van der Waals surface area contributed by atoms with Gasteiger partial charge in [0.25, 0.3) is 0 Å². The molecule has 1 saturated heterocycles. The summed E-state index contributed by atoms with van der Waals surface area (Å²) < 4.78 is 4.95. The predicted octanol–water partition coefficient (Wildman–Crippen LogP) is 0.692. The largest absolute Gasteiger partial charge is 0.465 e. The van der Waals surface area contributed by atoms with Crippen LogP contribution in [0.4, 0.5) is 0 Å². The van der Waals surface area contributed by atoms with E-state index in [0.717, 1.165) is 13.0 Å². The lowest BCUT2D eigenvalue weighted by atomic mass is 10.0. The molecule has 1 saturated carbocycles. The Kier molecular flexibility index (Phi) is 1.83. The van der Waals surface area contributed by atoms with E-state index in [4.69, 9.17) is 4.74 Å². The molecule has 2 rings (SSSR count). The topological polar surface area (TPSA) is 38.3 Å². The van der Waals surface area contributed by atoms with Crippen molar-refractivity contribution >= 4 is 5.97 Å². The Morgan fingerprint density at radius 1 is 1.67 bits per heavy atom. The lowest BCUT2D eigenvalue weighted by Gasteiger charge is -2.08. The van der Waals surface area contributed by atoms with Crippen LogP contribution in [0, 0.1) is 5.41 Å². The summed E-state index contributed by atoms with van der Waals surface area (Å²) in [6.07, 6.45) is 3.57. The molecule has 68 valence electrons. The second-order valence-corrected chi connectivity index (χ2v) is 3.89. The molecule has 1 atom stereocenters. The van der Waals surface area contributed by atoms with Gasteiger partial charge < -0.3 is 10.1 Å². The number of rotatable bonds is 2. The van der Waals surface area contributed by atoms with Crippen molar-refractivity contribution in [2.75, 3.05) is 13.2 Å². The maximum atomic E-state index is 11.3. The monoisotopic (exact) mass is 169 g/mol. The standard InChI is InChI=1S/C9H15NO2/c1-2-12-8(11)7-5-9(3-4-9)6-10-7/h7,10H,2-6H2,1H3. The average molecular weight is 169 g/mol. The van der Waals surface area contributed by atoms with Crippen molar-refractivity contribution in [3.05, 3.63) is 0 Å². The number of hydrogen-bond donors (Lipinski definition) is 1. The van der Waals surface area contributed by atoms with E-state index < -0.39 is 0 Å². The van der Waals surface area contributed by atoms with E-state index in [1.54, 1.807) is 0 Å². The van der Waals surface area contributed by atoms with E-state index in [0.29, 0.717) is 12.0 Å². The molecule has 1 spiro atoms. The smallest absolute Gasteiger partial charge is 0.323 e. The Morgan fingerprint density at radius 2 is 2.42 bits per heavy atom. The molecule has 12 heavy (non-hydrogen) atoms. The molecule has 3 heteroatoms. The number of carbonyl (C=O) groups is 1. The SMILES string of the molecule is CCOC(=O)C1CC2(CC2)CN1. The minimum absolute atomic E-state index is 0.0209. The fourth-order valence-corrected chi connectivity index (χ4v) is 1.88. The molecule has 0 aromatic heterocycles. The molecule has 0 aromatic rings. The van der Waals surface area contributed by atoms with Crippen LogP contribution in [-0.4, -0.2) is 25.2 Å². The maximum absolute atomic E-state index is 11.3. The maximum Gasteiger partial charge on any atom is 0.323 e. The molecular weight excluding hydrogens is 154 g/mol. The first-order valence-corrected chi connectivity index (χ1v) is 4.66. The normalized spacial score (nSPS) is 30.6. The van der Waals surface area contributed by atoms with Crippen molar-refractivity contribution in [3.63, 3.8) is 0 Å². The van der Waals surface area contributed by atoms with Crippen molar-refractivity contribution in [2.45, 2.75) is 32.2 Å². The highest BCUT2D eigenvalue weighted by Gasteiger charge is 2.50. The first kappa shape index (κ1) is 8.05. The molecule has 0 amide bonds. The van der Waals surface area contributed by atoms with Crippen LogP contribution in [0.3, 0.4) is 0 Å². The van der Waals surface area contributed by atoms with E-state index in [2.05, 4.69) is 5.32 Å². The van der Waals surface area contributed by atoms with Gasteiger partial charge in [0.1, 0.15) is 6.04 Å². The quantitative estimate of drug-likeness (QED) is 0.618. The van der Waals surface area contributed by atoms with Gasteiger partial charge in [-0.3, -0.25) is 4.79 Å². The summed E-state index contributed by atoms with van der Waals surface area (Å²) in [7, 11) is 0. The van der Waals surface area contributed by atoms with E-state index in [1.165, 1.54) is 12.8 Å². The zero-order chi connectivity index (χ0) is 8.60. The number of hydrogen-bond acceptors (Lipinski definition) is 3. The zero-order valence-electron chi connectivity index (χ0n) is 7.43. The molecular formula is C9H15NO2. The molecule has 1 unspecified atom stereocenters. The van der Waals surface area contributed by atoms with Crippen LogP contribution in [0.1, 0.15) is 26.2 Å². The summed E-state index contributed by atoms with van der Waals surface area (Å²) in [6.45, 7) is 3.35. The van der Waals surface area contributed by atoms with Crippen LogP contribution in [0.25, 0.3) is 0 Å². The van der Waals surface area contributed by atoms with Gasteiger partial charge in [-0.15, -0.1) is 0 Å². The van der Waals surface area contributed by atoms with E-state index in [-0.39, 0.29) is 12.0 Å². The van der Waals surface area contributed by atoms with Gasteiger partial charge in [-0.25, -0.2) is 0 Å². The highest BCUT2D eigenvalue weighted by molar-refractivity contribution is 5.76. The lowest BCUT2D eigenvalue weighted by molar-refractivity contribution is -0.145. The van der Waals surface area contributed by atoms with Crippen LogP contribution in [0.2, 0.25) is 0 Å². The zero-order valence-corrected chi connectivity index (χ0v) is 7.43. The van der Waals surface area contributed by atoms with Crippen molar-refractivity contribution < 1.29 is 9.53 Å². The van der Waals surface area contributed by atoms with Gasteiger partial charge in [-0.2, -0.15) is 0 Å². The van der Waals surface area contributed by atoms with Gasteiger partial charge in [0.2, 0.25) is 0 Å². The fraction of sp³-hybridized carbons (Fsp3) is 0.889. The van der Waals surface area contributed by atoms with Crippen molar-refractivity contribution in [3.8, 4) is 0 Å². The summed E-state index contributed by atoms with van der Waals surface area (Å²) in [5.74, 6) is -0.0683. The Labute approximate surface area is 72.5 Å². The van der Waals surface area contributed by atoms with Crippen molar-refractivity contribution in [2.24, 2.45) is 5.41 Å². The minimum Gasteiger partial charge on any atom is -0.465 e. The minimum atomic E-state index is -0.0683. The first-order valence-electron chi connectivity index (χ1n) is 4.66. The number of nitrogens with one attached hydrogen (secondary N) is 1. The Bertz CT molecular complexity index is 199. The summed E-state index contributed by atoms with van der Waals surface area (Å²) in [5, 5.41) is 3.22. The summed E-state index contributed by atoms with van der Waals surface area (Å²) >= 11 is 0. The molecule has 0 bridgehead atoms. The van der Waals surface area contributed by atoms with Gasteiger partial charge in [0, 0.05) is 6.54 Å². The molecule has 2 aliphatic rings. The summed E-state index contributed by atoms with van der Waals surface area (Å²) in [5.41, 5.74) is 0.484. The van der Waals surface area contributed by atoms with Gasteiger partial charge in [-0.1, -0.05) is 0 Å². The molecule has 1 aliphatic heterocycles. The van der Waals surface area contributed by atoms with Crippen LogP contribution in [0.5, 0.6) is 0 Å². The van der Waals surface area contributed by atoms with Crippen LogP contribution in [-0.2, 0) is 9.53 Å². The molecule has 1 heterocycles. The van der Waals surface area contributed by atoms with E-state index in [9.17, 15) is 4.79 Å². The molecule has 3 nitrogen and oxygen atoms in total. The fourth-order valence-electron chi connectivity index (χ4n) is 1.88. The third kappa shape index (κ3) is 1.33. The van der Waals surface area contributed by atoms with Gasteiger partial charge in [0.15, 0.2) is 0 Å². The van der Waals surface area contributed by atoms with Crippen LogP contribution in [0.15, 0.2) is 0 Å². The highest BCUT2D eigenvalue weighted by atomic mass is 16.5. The molecule has 2 fully saturated rings. The average Bonchev–Trinajstić information content (AvgIpc) is 2.62. The second kappa shape index (κ2) is 2.73. The second-order valence-electron chi connectivity index (χ2n) is 3.89. The van der Waals surface area contributed by atoms with Crippen molar-refractivity contribution in [1.29, 1.82) is 0 Å². The number of carbonyl (C=O) groups excluding carboxylic acids is 1. The van der Waals surface area contributed by atoms with E-state index >= 15 is 0 Å². The van der Waals surface area contributed by atoms with E-state index in [1.807, 2.05) is 6.92 Å². The first-order chi connectivity index (χ1) is 5.76. The highest BCUT2D eigenvalue weighted by Crippen LogP contribution is 2.51. The predicted molar refractivity (Wildman–Crippen MR) is 44.7 cm³/mol. The van der Waals surface area contributed by atoms with Gasteiger partial charge in [-0.05, 0) is 31.6 Å². The lowest BCUT2D eigenvalue weighted by Crippen LogP contribution is -2.32. The Hall–Kier alpha value is -0.570. The summed E-state index contributed by atoms with van der Waals surface area (Å²) in [4.78, 5) is 11.3. The van der Waals surface area contributed by atoms with Crippen molar-refractivity contribution in [1.82, 2.24) is 5.32 Å². The number of ether oxygens (including phenoxy) is 1. The Balaban J connectivity index is 1.86. The molecule has 1 N–H and O–H groups in total. The Morgan fingerprint density at radius 3 is 2.92 bits per heavy atom. The third-order valence-corrected chi connectivity index (χ3v) is 2.89. The van der Waals surface area contributed by atoms with Gasteiger partial charge >= 0.3 is 5.97 Å². The van der Waals surface area contributed by atoms with Crippen LogP contribution >= 0.6 is 0 Å².